The van der Waals surface area contributed by atoms with E-state index in [0.717, 1.165) is 12.1 Å². The monoisotopic (exact) mass is 231 g/mol. The van der Waals surface area contributed by atoms with Crippen molar-refractivity contribution >= 4 is 0 Å². The maximum Gasteiger partial charge on any atom is 0.0659 e. The van der Waals surface area contributed by atoms with Gasteiger partial charge in [0.1, 0.15) is 0 Å². The summed E-state index contributed by atoms with van der Waals surface area (Å²) in [5.74, 6) is 0. The summed E-state index contributed by atoms with van der Waals surface area (Å²) in [5, 5.41) is 16.5. The van der Waals surface area contributed by atoms with Crippen LogP contribution in [0.15, 0.2) is 42.7 Å². The van der Waals surface area contributed by atoms with Crippen LogP contribution in [0.4, 0.5) is 0 Å². The predicted octanol–water partition coefficient (Wildman–Crippen LogP) is 1.18. The lowest BCUT2D eigenvalue weighted by molar-refractivity contribution is 0.251. The highest BCUT2D eigenvalue weighted by Crippen LogP contribution is 2.11. The van der Waals surface area contributed by atoms with Crippen molar-refractivity contribution in [2.45, 2.75) is 12.6 Å². The lowest BCUT2D eigenvalue weighted by Gasteiger charge is -2.09. The largest absolute Gasteiger partial charge is 0.394 e. The maximum absolute atomic E-state index is 9.18. The van der Waals surface area contributed by atoms with Crippen LogP contribution in [0.3, 0.4) is 0 Å². The molecule has 4 heteroatoms. The first kappa shape index (κ1) is 11.8. The molecule has 0 saturated heterocycles. The normalized spacial score (nSPS) is 12.6. The fourth-order valence-corrected chi connectivity index (χ4v) is 1.78. The molecule has 0 saturated carbocycles. The Morgan fingerprint density at radius 3 is 2.76 bits per heavy atom. The molecule has 0 aliphatic carbocycles. The summed E-state index contributed by atoms with van der Waals surface area (Å²) in [5.41, 5.74) is 2.22. The van der Waals surface area contributed by atoms with Gasteiger partial charge in [0.25, 0.3) is 0 Å². The van der Waals surface area contributed by atoms with E-state index in [-0.39, 0.29) is 12.6 Å². The molecule has 0 aliphatic rings. The first-order valence-corrected chi connectivity index (χ1v) is 5.68. The van der Waals surface area contributed by atoms with Gasteiger partial charge in [0, 0.05) is 11.8 Å². The molecule has 1 aromatic carbocycles. The van der Waals surface area contributed by atoms with Crippen LogP contribution >= 0.6 is 0 Å². The van der Waals surface area contributed by atoms with Crippen molar-refractivity contribution in [2.24, 2.45) is 0 Å². The van der Waals surface area contributed by atoms with Gasteiger partial charge in [0.15, 0.2) is 0 Å². The zero-order chi connectivity index (χ0) is 12.1. The van der Waals surface area contributed by atoms with Gasteiger partial charge < -0.3 is 10.4 Å². The van der Waals surface area contributed by atoms with Gasteiger partial charge in [-0.1, -0.05) is 30.3 Å². The molecule has 0 aliphatic heterocycles. The van der Waals surface area contributed by atoms with Crippen molar-refractivity contribution in [3.63, 3.8) is 0 Å². The van der Waals surface area contributed by atoms with Gasteiger partial charge >= 0.3 is 0 Å². The zero-order valence-electron chi connectivity index (χ0n) is 9.87. The van der Waals surface area contributed by atoms with Crippen LogP contribution in [0.25, 0.3) is 0 Å². The minimum Gasteiger partial charge on any atom is -0.394 e. The van der Waals surface area contributed by atoms with Crippen LogP contribution in [0, 0.1) is 0 Å². The van der Waals surface area contributed by atoms with E-state index in [1.54, 1.807) is 6.20 Å². The topological polar surface area (TPSA) is 50.1 Å². The third-order valence-corrected chi connectivity index (χ3v) is 2.77. The van der Waals surface area contributed by atoms with Gasteiger partial charge in [-0.25, -0.2) is 0 Å². The molecule has 0 amide bonds. The Morgan fingerprint density at radius 2 is 2.12 bits per heavy atom. The highest BCUT2D eigenvalue weighted by Gasteiger charge is 2.09. The second kappa shape index (κ2) is 5.61. The predicted molar refractivity (Wildman–Crippen MR) is 66.7 cm³/mol. The average Bonchev–Trinajstić information content (AvgIpc) is 2.81. The van der Waals surface area contributed by atoms with Crippen molar-refractivity contribution < 1.29 is 5.11 Å². The molecule has 2 aromatic rings. The smallest absolute Gasteiger partial charge is 0.0659 e. The second-order valence-electron chi connectivity index (χ2n) is 3.98. The first-order valence-electron chi connectivity index (χ1n) is 5.68. The maximum atomic E-state index is 9.18. The lowest BCUT2D eigenvalue weighted by Crippen LogP contribution is -2.19. The molecule has 0 fully saturated rings. The van der Waals surface area contributed by atoms with E-state index < -0.39 is 0 Å². The Balaban J connectivity index is 2.08. The molecular formula is C13H17N3O. The molecule has 17 heavy (non-hydrogen) atoms. The van der Waals surface area contributed by atoms with Crippen LogP contribution < -0.4 is 5.32 Å². The minimum atomic E-state index is -0.0421. The number of hydrogen-bond donors (Lipinski definition) is 2. The molecule has 1 atom stereocenters. The summed E-state index contributed by atoms with van der Waals surface area (Å²) in [6.07, 6.45) is 3.75. The summed E-state index contributed by atoms with van der Waals surface area (Å²) >= 11 is 0. The van der Waals surface area contributed by atoms with Gasteiger partial charge in [-0.15, -0.1) is 0 Å². The number of nitrogens with one attached hydrogen (secondary N) is 1. The van der Waals surface area contributed by atoms with Crippen LogP contribution in [-0.4, -0.2) is 28.5 Å². The number of nitrogens with zero attached hydrogens (tertiary/aromatic N) is 2. The number of hydrogen-bond acceptors (Lipinski definition) is 3. The van der Waals surface area contributed by atoms with Crippen LogP contribution in [0.5, 0.6) is 0 Å². The third kappa shape index (κ3) is 2.93. The van der Waals surface area contributed by atoms with E-state index in [9.17, 15) is 5.11 Å². The van der Waals surface area contributed by atoms with Crippen LogP contribution in [0.2, 0.25) is 0 Å². The third-order valence-electron chi connectivity index (χ3n) is 2.77. The summed E-state index contributed by atoms with van der Waals surface area (Å²) in [7, 11) is 1.83. The molecule has 90 valence electrons. The van der Waals surface area contributed by atoms with E-state index in [1.165, 1.54) is 5.56 Å². The summed E-state index contributed by atoms with van der Waals surface area (Å²) in [6.45, 7) is 0.830. The molecule has 0 radical (unpaired) electrons. The number of aliphatic hydroxyl groups excluding tert-OH is 1. The highest BCUT2D eigenvalue weighted by atomic mass is 16.3. The number of aliphatic hydroxyl groups is 1. The average molecular weight is 231 g/mol. The van der Waals surface area contributed by atoms with E-state index in [1.807, 2.05) is 36.1 Å². The molecule has 0 spiro atoms. The van der Waals surface area contributed by atoms with Crippen molar-refractivity contribution in [3.8, 4) is 0 Å². The first-order chi connectivity index (χ1) is 8.33. The van der Waals surface area contributed by atoms with E-state index in [0.29, 0.717) is 0 Å². The fraction of sp³-hybridized carbons (Fsp3) is 0.308. The van der Waals surface area contributed by atoms with Gasteiger partial charge in [-0.05, 0) is 12.6 Å². The SMILES string of the molecule is CNC(CO)c1cnn(Cc2ccccc2)c1. The summed E-state index contributed by atoms with van der Waals surface area (Å²) in [6, 6.07) is 10.1. The van der Waals surface area contributed by atoms with Gasteiger partial charge in [0.2, 0.25) is 0 Å². The Morgan fingerprint density at radius 1 is 1.35 bits per heavy atom. The molecule has 1 unspecified atom stereocenters. The molecule has 0 bridgehead atoms. The fourth-order valence-electron chi connectivity index (χ4n) is 1.78. The number of rotatable bonds is 5. The number of benzene rings is 1. The van der Waals surface area contributed by atoms with Crippen molar-refractivity contribution in [1.82, 2.24) is 15.1 Å². The molecule has 4 nitrogen and oxygen atoms in total. The minimum absolute atomic E-state index is 0.0421. The summed E-state index contributed by atoms with van der Waals surface area (Å²) in [4.78, 5) is 0. The number of aromatic nitrogens is 2. The Kier molecular flexibility index (Phi) is 3.90. The van der Waals surface area contributed by atoms with E-state index >= 15 is 0 Å². The van der Waals surface area contributed by atoms with E-state index in [4.69, 9.17) is 0 Å². The van der Waals surface area contributed by atoms with E-state index in [2.05, 4.69) is 22.5 Å². The Labute approximate surface area is 101 Å². The zero-order valence-corrected chi connectivity index (χ0v) is 9.87. The van der Waals surface area contributed by atoms with Crippen LogP contribution in [0.1, 0.15) is 17.2 Å². The molecule has 2 rings (SSSR count). The molecule has 1 aromatic heterocycles. The van der Waals surface area contributed by atoms with Gasteiger partial charge in [-0.3, -0.25) is 4.68 Å². The molecule has 1 heterocycles. The van der Waals surface area contributed by atoms with Crippen molar-refractivity contribution in [1.29, 1.82) is 0 Å². The van der Waals surface area contributed by atoms with Gasteiger partial charge in [-0.2, -0.15) is 5.10 Å². The van der Waals surface area contributed by atoms with Crippen molar-refractivity contribution in [2.75, 3.05) is 13.7 Å². The molecule has 2 N–H and O–H groups in total. The van der Waals surface area contributed by atoms with Gasteiger partial charge in [0.05, 0.1) is 25.4 Å². The quantitative estimate of drug-likeness (QED) is 0.812. The Hall–Kier alpha value is -1.65. The number of likely N-dealkylation sites (N-methyl/N-ethyl adjacent to an activating group) is 1. The lowest BCUT2D eigenvalue weighted by atomic mass is 10.2. The standard InChI is InChI=1S/C13H17N3O/c1-14-13(10-17)12-7-15-16(9-12)8-11-5-3-2-4-6-11/h2-7,9,13-14,17H,8,10H2,1H3. The van der Waals surface area contributed by atoms with Crippen LogP contribution in [-0.2, 0) is 6.54 Å². The highest BCUT2D eigenvalue weighted by molar-refractivity contribution is 5.16. The second-order valence-corrected chi connectivity index (χ2v) is 3.98. The van der Waals surface area contributed by atoms with Crippen molar-refractivity contribution in [3.05, 3.63) is 53.9 Å². The Bertz CT molecular complexity index is 449. The molecular weight excluding hydrogens is 214 g/mol. The summed E-state index contributed by atoms with van der Waals surface area (Å²) < 4.78 is 1.88.